The van der Waals surface area contributed by atoms with Crippen molar-refractivity contribution in [1.82, 2.24) is 24.2 Å². The molecular formula is C27H31F3N6O4S. The summed E-state index contributed by atoms with van der Waals surface area (Å²) in [6, 6.07) is 3.29. The van der Waals surface area contributed by atoms with Gasteiger partial charge in [-0.1, -0.05) is 0 Å². The number of hydrogen-bond donors (Lipinski definition) is 1. The maximum atomic E-state index is 13.0. The second kappa shape index (κ2) is 12.4. The summed E-state index contributed by atoms with van der Waals surface area (Å²) in [4.78, 5) is 39.0. The van der Waals surface area contributed by atoms with E-state index in [2.05, 4.69) is 24.6 Å². The summed E-state index contributed by atoms with van der Waals surface area (Å²) in [7, 11) is 0. The molecule has 220 valence electrons. The molecule has 0 aliphatic carbocycles. The molecule has 0 spiro atoms. The molecule has 0 bridgehead atoms. The van der Waals surface area contributed by atoms with Crippen molar-refractivity contribution in [1.29, 1.82) is 0 Å². The Balaban J connectivity index is 1.29. The summed E-state index contributed by atoms with van der Waals surface area (Å²) in [5.74, 6) is 0.206. The first-order chi connectivity index (χ1) is 19.3. The normalized spacial score (nSPS) is 14.6. The number of carbonyl (C=O) groups excluding carboxylic acids is 2. The van der Waals surface area contributed by atoms with Crippen molar-refractivity contribution >= 4 is 29.2 Å². The largest absolute Gasteiger partial charge is 0.477 e. The monoisotopic (exact) mass is 592 g/mol. The first-order valence-electron chi connectivity index (χ1n) is 13.0. The first-order valence-corrected chi connectivity index (χ1v) is 13.8. The van der Waals surface area contributed by atoms with Crippen molar-refractivity contribution in [2.45, 2.75) is 58.7 Å². The maximum Gasteiger partial charge on any atom is 0.434 e. The van der Waals surface area contributed by atoms with Crippen LogP contribution in [0.15, 0.2) is 30.7 Å². The molecule has 0 atom stereocenters. The quantitative estimate of drug-likeness (QED) is 0.381. The second-order valence-electron chi connectivity index (χ2n) is 10.7. The third-order valence-corrected chi connectivity index (χ3v) is 7.14. The summed E-state index contributed by atoms with van der Waals surface area (Å²) >= 11 is 1.03. The van der Waals surface area contributed by atoms with Crippen molar-refractivity contribution in [3.63, 3.8) is 0 Å². The van der Waals surface area contributed by atoms with Crippen molar-refractivity contribution in [2.75, 3.05) is 25.0 Å². The standard InChI is InChI=1S/C27H31F3N6O4S/c1-16-23(20(41-35-16)11-19-12-31-14-21(33-19)27(28,29)30)24(37)34-18-5-6-22(32-13-18)39-15-17-7-9-36(10-8-17)25(38)40-26(2,3)4/h5-6,12-14,17H,7-11,15H2,1-4H3,(H,34,37). The van der Waals surface area contributed by atoms with Gasteiger partial charge in [0.15, 0.2) is 5.69 Å². The topological polar surface area (TPSA) is 119 Å². The molecule has 1 fully saturated rings. The van der Waals surface area contributed by atoms with E-state index < -0.39 is 23.4 Å². The lowest BCUT2D eigenvalue weighted by Crippen LogP contribution is -2.42. The highest BCUT2D eigenvalue weighted by Gasteiger charge is 2.33. The van der Waals surface area contributed by atoms with Gasteiger partial charge >= 0.3 is 12.3 Å². The number of amides is 2. The third-order valence-electron chi connectivity index (χ3n) is 6.20. The average molecular weight is 593 g/mol. The molecule has 41 heavy (non-hydrogen) atoms. The first kappa shape index (κ1) is 30.2. The lowest BCUT2D eigenvalue weighted by atomic mass is 9.98. The van der Waals surface area contributed by atoms with Crippen molar-refractivity contribution in [3.05, 3.63) is 58.2 Å². The summed E-state index contributed by atoms with van der Waals surface area (Å²) in [6.45, 7) is 8.82. The predicted octanol–water partition coefficient (Wildman–Crippen LogP) is 5.52. The van der Waals surface area contributed by atoms with E-state index in [1.807, 2.05) is 20.8 Å². The molecule has 1 N–H and O–H groups in total. The lowest BCUT2D eigenvalue weighted by molar-refractivity contribution is -0.141. The zero-order chi connectivity index (χ0) is 29.8. The van der Waals surface area contributed by atoms with Crippen LogP contribution in [0.5, 0.6) is 5.88 Å². The number of rotatable bonds is 7. The third kappa shape index (κ3) is 8.35. The van der Waals surface area contributed by atoms with Gasteiger partial charge in [0, 0.05) is 36.7 Å². The number of aryl methyl sites for hydroxylation is 1. The average Bonchev–Trinajstić information content (AvgIpc) is 3.27. The number of nitrogens with one attached hydrogen (secondary N) is 1. The Morgan fingerprint density at radius 1 is 1.12 bits per heavy atom. The number of alkyl halides is 3. The molecule has 1 saturated heterocycles. The van der Waals surface area contributed by atoms with Crippen LogP contribution in [0.1, 0.15) is 65.9 Å². The lowest BCUT2D eigenvalue weighted by Gasteiger charge is -2.33. The molecule has 0 unspecified atom stereocenters. The maximum absolute atomic E-state index is 13.0. The minimum absolute atomic E-state index is 0.0209. The molecule has 1 aliphatic heterocycles. The number of pyridine rings is 1. The van der Waals surface area contributed by atoms with Crippen LogP contribution in [0.2, 0.25) is 0 Å². The van der Waals surface area contributed by atoms with Crippen molar-refractivity contribution < 1.29 is 32.2 Å². The molecule has 14 heteroatoms. The zero-order valence-corrected chi connectivity index (χ0v) is 23.9. The minimum atomic E-state index is -4.62. The van der Waals surface area contributed by atoms with Gasteiger partial charge in [0.1, 0.15) is 5.60 Å². The van der Waals surface area contributed by atoms with Gasteiger partial charge in [0.2, 0.25) is 5.88 Å². The van der Waals surface area contributed by atoms with Crippen LogP contribution in [-0.2, 0) is 17.3 Å². The number of carbonyl (C=O) groups is 2. The van der Waals surface area contributed by atoms with E-state index in [1.165, 1.54) is 12.4 Å². The Morgan fingerprint density at radius 2 is 1.85 bits per heavy atom. The fourth-order valence-electron chi connectivity index (χ4n) is 4.17. The Bertz CT molecular complexity index is 1370. The summed E-state index contributed by atoms with van der Waals surface area (Å²) in [6.07, 6.45) is -0.0102. The van der Waals surface area contributed by atoms with Crippen LogP contribution in [0.25, 0.3) is 0 Å². The number of nitrogens with zero attached hydrogens (tertiary/aromatic N) is 5. The van der Waals surface area contributed by atoms with Crippen LogP contribution >= 0.6 is 11.5 Å². The number of halogens is 3. The van der Waals surface area contributed by atoms with Crippen LogP contribution in [-0.4, -0.2) is 61.5 Å². The zero-order valence-electron chi connectivity index (χ0n) is 23.1. The summed E-state index contributed by atoms with van der Waals surface area (Å²) in [5.41, 5.74) is -0.403. The van der Waals surface area contributed by atoms with E-state index in [0.29, 0.717) is 48.0 Å². The van der Waals surface area contributed by atoms with E-state index in [4.69, 9.17) is 9.47 Å². The fraction of sp³-hybridized carbons (Fsp3) is 0.481. The smallest absolute Gasteiger partial charge is 0.434 e. The second-order valence-corrected chi connectivity index (χ2v) is 11.6. The van der Waals surface area contributed by atoms with E-state index in [0.717, 1.165) is 24.4 Å². The van der Waals surface area contributed by atoms with E-state index in [9.17, 15) is 22.8 Å². The molecule has 10 nitrogen and oxygen atoms in total. The molecule has 4 heterocycles. The predicted molar refractivity (Wildman–Crippen MR) is 145 cm³/mol. The highest BCUT2D eigenvalue weighted by Crippen LogP contribution is 2.28. The molecular weight excluding hydrogens is 561 g/mol. The van der Waals surface area contributed by atoms with Gasteiger partial charge in [-0.15, -0.1) is 0 Å². The molecule has 3 aromatic heterocycles. The number of ether oxygens (including phenoxy) is 2. The number of aromatic nitrogens is 4. The fourth-order valence-corrected chi connectivity index (χ4v) is 5.05. The number of anilines is 1. The molecule has 2 amide bonds. The molecule has 0 saturated carbocycles. The van der Waals surface area contributed by atoms with E-state index >= 15 is 0 Å². The summed E-state index contributed by atoms with van der Waals surface area (Å²) in [5, 5.41) is 2.76. The molecule has 1 aliphatic rings. The van der Waals surface area contributed by atoms with Crippen LogP contribution in [0.4, 0.5) is 23.7 Å². The Kier molecular flexibility index (Phi) is 9.10. The van der Waals surface area contributed by atoms with Gasteiger partial charge in [-0.3, -0.25) is 9.78 Å². The van der Waals surface area contributed by atoms with Gasteiger partial charge < -0.3 is 19.7 Å². The number of hydrogen-bond acceptors (Lipinski definition) is 9. The van der Waals surface area contributed by atoms with E-state index in [-0.39, 0.29) is 29.7 Å². The van der Waals surface area contributed by atoms with Gasteiger partial charge in [-0.25, -0.2) is 14.8 Å². The van der Waals surface area contributed by atoms with Crippen LogP contribution in [0, 0.1) is 12.8 Å². The SMILES string of the molecule is Cc1nsc(Cc2cncc(C(F)(F)F)n2)c1C(=O)Nc1ccc(OCC2CCN(C(=O)OC(C)(C)C)CC2)nc1. The Morgan fingerprint density at radius 3 is 2.49 bits per heavy atom. The Labute approximate surface area is 239 Å². The van der Waals surface area contributed by atoms with Crippen molar-refractivity contribution in [2.24, 2.45) is 5.92 Å². The van der Waals surface area contributed by atoms with Crippen LogP contribution in [0.3, 0.4) is 0 Å². The minimum Gasteiger partial charge on any atom is -0.477 e. The summed E-state index contributed by atoms with van der Waals surface area (Å²) < 4.78 is 54.5. The Hall–Kier alpha value is -3.81. The molecule has 0 radical (unpaired) electrons. The van der Waals surface area contributed by atoms with Gasteiger partial charge in [-0.2, -0.15) is 17.5 Å². The molecule has 4 rings (SSSR count). The van der Waals surface area contributed by atoms with Gasteiger partial charge in [-0.05, 0) is 64.1 Å². The molecule has 3 aromatic rings. The van der Waals surface area contributed by atoms with Gasteiger partial charge in [0.05, 0.1) is 41.6 Å². The molecule has 0 aromatic carbocycles. The van der Waals surface area contributed by atoms with Crippen LogP contribution < -0.4 is 10.1 Å². The van der Waals surface area contributed by atoms with E-state index in [1.54, 1.807) is 24.0 Å². The van der Waals surface area contributed by atoms with Crippen molar-refractivity contribution in [3.8, 4) is 5.88 Å². The highest BCUT2D eigenvalue weighted by molar-refractivity contribution is 7.06. The van der Waals surface area contributed by atoms with Gasteiger partial charge in [0.25, 0.3) is 5.91 Å². The number of piperidine rings is 1. The highest BCUT2D eigenvalue weighted by atomic mass is 32.1. The number of likely N-dealkylation sites (tertiary alicyclic amines) is 1.